The molecule has 7 heteroatoms. The number of aryl methyl sites for hydroxylation is 1. The lowest BCUT2D eigenvalue weighted by molar-refractivity contribution is 0.0526. The van der Waals surface area contributed by atoms with E-state index in [0.29, 0.717) is 27.8 Å². The predicted molar refractivity (Wildman–Crippen MR) is 126 cm³/mol. The second-order valence-corrected chi connectivity index (χ2v) is 8.11. The maximum Gasteiger partial charge on any atom is 0.338 e. The third-order valence-electron chi connectivity index (χ3n) is 5.87. The zero-order valence-electron chi connectivity index (χ0n) is 18.6. The van der Waals surface area contributed by atoms with E-state index in [1.165, 1.54) is 17.0 Å². The molecule has 5 rings (SSSR count). The second-order valence-electron chi connectivity index (χ2n) is 8.11. The summed E-state index contributed by atoms with van der Waals surface area (Å²) in [6.07, 6.45) is 0. The Bertz CT molecular complexity index is 1500. The van der Waals surface area contributed by atoms with Crippen molar-refractivity contribution in [2.75, 3.05) is 11.5 Å². The van der Waals surface area contributed by atoms with Gasteiger partial charge in [-0.1, -0.05) is 23.8 Å². The summed E-state index contributed by atoms with van der Waals surface area (Å²) < 4.78 is 11.0. The summed E-state index contributed by atoms with van der Waals surface area (Å²) in [5, 5.41) is 10.5. The molecule has 4 aromatic rings. The van der Waals surface area contributed by atoms with Gasteiger partial charge in [0.05, 0.1) is 29.2 Å². The number of hydrogen-bond acceptors (Lipinski definition) is 6. The minimum atomic E-state index is -0.816. The van der Waals surface area contributed by atoms with Gasteiger partial charge in [-0.2, -0.15) is 0 Å². The molecule has 1 aliphatic heterocycles. The summed E-state index contributed by atoms with van der Waals surface area (Å²) in [5.74, 6) is -0.971. The van der Waals surface area contributed by atoms with E-state index >= 15 is 0 Å². The van der Waals surface area contributed by atoms with Gasteiger partial charge in [0.2, 0.25) is 5.76 Å². The lowest BCUT2D eigenvalue weighted by Crippen LogP contribution is -2.29. The summed E-state index contributed by atoms with van der Waals surface area (Å²) in [4.78, 5) is 40.7. The topological polar surface area (TPSA) is 97.0 Å². The van der Waals surface area contributed by atoms with Crippen LogP contribution in [0.3, 0.4) is 0 Å². The molecule has 1 atom stereocenters. The van der Waals surface area contributed by atoms with E-state index in [2.05, 4.69) is 0 Å². The fourth-order valence-electron chi connectivity index (χ4n) is 4.34. The number of phenols is 1. The fraction of sp³-hybridized carbons (Fsp3) is 0.148. The molecule has 2 heterocycles. The van der Waals surface area contributed by atoms with Crippen molar-refractivity contribution < 1.29 is 23.8 Å². The third-order valence-corrected chi connectivity index (χ3v) is 5.87. The number of aromatic hydroxyl groups is 1. The van der Waals surface area contributed by atoms with E-state index in [1.807, 2.05) is 13.0 Å². The van der Waals surface area contributed by atoms with Gasteiger partial charge in [0, 0.05) is 5.69 Å². The number of anilines is 1. The number of hydrogen-bond donors (Lipinski definition) is 1. The molecule has 0 saturated heterocycles. The summed E-state index contributed by atoms with van der Waals surface area (Å²) >= 11 is 0. The number of rotatable bonds is 4. The molecule has 0 fully saturated rings. The van der Waals surface area contributed by atoms with Crippen LogP contribution < -0.4 is 10.3 Å². The highest BCUT2D eigenvalue weighted by atomic mass is 16.5. The molecule has 1 amide bonds. The van der Waals surface area contributed by atoms with Crippen molar-refractivity contribution in [3.05, 3.63) is 105 Å². The van der Waals surface area contributed by atoms with Crippen LogP contribution >= 0.6 is 0 Å². The molecule has 1 unspecified atom stereocenters. The van der Waals surface area contributed by atoms with Crippen molar-refractivity contribution in [1.29, 1.82) is 0 Å². The molecule has 0 saturated carbocycles. The van der Waals surface area contributed by atoms with Crippen LogP contribution in [0.5, 0.6) is 5.75 Å². The van der Waals surface area contributed by atoms with Crippen molar-refractivity contribution in [3.63, 3.8) is 0 Å². The fourth-order valence-corrected chi connectivity index (χ4v) is 4.34. The van der Waals surface area contributed by atoms with Crippen LogP contribution in [0.25, 0.3) is 11.0 Å². The first-order valence-corrected chi connectivity index (χ1v) is 10.9. The molecular formula is C27H21NO6. The Morgan fingerprint density at radius 3 is 2.53 bits per heavy atom. The van der Waals surface area contributed by atoms with Crippen LogP contribution in [0.2, 0.25) is 0 Å². The Balaban J connectivity index is 1.71. The van der Waals surface area contributed by atoms with E-state index < -0.39 is 17.9 Å². The lowest BCUT2D eigenvalue weighted by Gasteiger charge is -2.25. The number of carbonyl (C=O) groups excluding carboxylic acids is 2. The largest absolute Gasteiger partial charge is 0.508 e. The predicted octanol–water partition coefficient (Wildman–Crippen LogP) is 4.73. The van der Waals surface area contributed by atoms with E-state index in [1.54, 1.807) is 55.5 Å². The first-order chi connectivity index (χ1) is 16.4. The maximum atomic E-state index is 13.6. The van der Waals surface area contributed by atoms with Gasteiger partial charge in [0.15, 0.2) is 5.43 Å². The molecule has 1 N–H and O–H groups in total. The summed E-state index contributed by atoms with van der Waals surface area (Å²) in [7, 11) is 0. The smallest absolute Gasteiger partial charge is 0.338 e. The van der Waals surface area contributed by atoms with Crippen LogP contribution in [0.15, 0.2) is 75.9 Å². The monoisotopic (exact) mass is 455 g/mol. The Morgan fingerprint density at radius 1 is 1.06 bits per heavy atom. The van der Waals surface area contributed by atoms with Gasteiger partial charge in [0.25, 0.3) is 5.91 Å². The van der Waals surface area contributed by atoms with E-state index in [-0.39, 0.29) is 29.1 Å². The van der Waals surface area contributed by atoms with Gasteiger partial charge in [-0.15, -0.1) is 0 Å². The first kappa shape index (κ1) is 21.5. The summed E-state index contributed by atoms with van der Waals surface area (Å²) in [5.41, 5.74) is 2.51. The molecule has 170 valence electrons. The highest BCUT2D eigenvalue weighted by Crippen LogP contribution is 2.41. The normalized spacial score (nSPS) is 14.9. The van der Waals surface area contributed by atoms with E-state index in [0.717, 1.165) is 5.56 Å². The molecule has 7 nitrogen and oxygen atoms in total. The van der Waals surface area contributed by atoms with Crippen molar-refractivity contribution in [3.8, 4) is 5.75 Å². The molecule has 1 aliphatic rings. The average Bonchev–Trinajstić information content (AvgIpc) is 3.12. The number of esters is 1. The Labute approximate surface area is 194 Å². The first-order valence-electron chi connectivity index (χ1n) is 10.9. The van der Waals surface area contributed by atoms with Crippen molar-refractivity contribution >= 4 is 28.5 Å². The average molecular weight is 455 g/mol. The molecule has 0 spiro atoms. The van der Waals surface area contributed by atoms with E-state index in [9.17, 15) is 19.5 Å². The zero-order valence-corrected chi connectivity index (χ0v) is 18.6. The maximum absolute atomic E-state index is 13.6. The minimum absolute atomic E-state index is 0.0111. The van der Waals surface area contributed by atoms with Gasteiger partial charge >= 0.3 is 5.97 Å². The number of carbonyl (C=O) groups is 2. The van der Waals surface area contributed by atoms with Crippen molar-refractivity contribution in [2.45, 2.75) is 19.9 Å². The van der Waals surface area contributed by atoms with Gasteiger partial charge < -0.3 is 14.3 Å². The van der Waals surface area contributed by atoms with Gasteiger partial charge in [0.1, 0.15) is 11.3 Å². The Kier molecular flexibility index (Phi) is 5.17. The lowest BCUT2D eigenvalue weighted by atomic mass is 9.97. The Morgan fingerprint density at radius 2 is 1.82 bits per heavy atom. The van der Waals surface area contributed by atoms with Crippen molar-refractivity contribution in [2.24, 2.45) is 0 Å². The second kappa shape index (κ2) is 8.19. The van der Waals surface area contributed by atoms with Crippen molar-refractivity contribution in [1.82, 2.24) is 0 Å². The molecule has 3 aromatic carbocycles. The van der Waals surface area contributed by atoms with Gasteiger partial charge in [-0.3, -0.25) is 14.5 Å². The number of amides is 1. The van der Waals surface area contributed by atoms with Crippen LogP contribution in [-0.4, -0.2) is 23.6 Å². The highest BCUT2D eigenvalue weighted by Gasteiger charge is 2.43. The SMILES string of the molecule is CCOC(=O)c1ccc(N2C(=O)c3oc4ccc(C)cc4c(=O)c3C2c2cccc(O)c2)cc1. The quantitative estimate of drug-likeness (QED) is 0.447. The van der Waals surface area contributed by atoms with Crippen LogP contribution in [0, 0.1) is 6.92 Å². The molecule has 0 aliphatic carbocycles. The number of fused-ring (bicyclic) bond motifs is 2. The molecular weight excluding hydrogens is 434 g/mol. The summed E-state index contributed by atoms with van der Waals surface area (Å²) in [6, 6.07) is 17.2. The van der Waals surface area contributed by atoms with Gasteiger partial charge in [-0.25, -0.2) is 4.79 Å². The number of ether oxygens (including phenoxy) is 1. The highest BCUT2D eigenvalue weighted by molar-refractivity contribution is 6.10. The van der Waals surface area contributed by atoms with Crippen LogP contribution in [-0.2, 0) is 4.74 Å². The number of nitrogens with zero attached hydrogens (tertiary/aromatic N) is 1. The standard InChI is InChI=1S/C27H21NO6/c1-3-33-27(32)16-8-10-18(11-9-16)28-23(17-5-4-6-19(29)14-17)22-24(30)20-13-15(2)7-12-21(20)34-25(22)26(28)31/h4-14,23,29H,3H2,1-2H3. The summed E-state index contributed by atoms with van der Waals surface area (Å²) in [6.45, 7) is 3.85. The molecule has 34 heavy (non-hydrogen) atoms. The molecule has 0 radical (unpaired) electrons. The number of phenolic OH excluding ortho intramolecular Hbond substituents is 1. The van der Waals surface area contributed by atoms with Crippen LogP contribution in [0.4, 0.5) is 5.69 Å². The minimum Gasteiger partial charge on any atom is -0.508 e. The Hall–Kier alpha value is -4.39. The van der Waals surface area contributed by atoms with E-state index in [4.69, 9.17) is 9.15 Å². The van der Waals surface area contributed by atoms with Gasteiger partial charge in [-0.05, 0) is 67.9 Å². The molecule has 1 aromatic heterocycles. The third kappa shape index (κ3) is 3.42. The van der Waals surface area contributed by atoms with Crippen LogP contribution in [0.1, 0.15) is 50.6 Å². The zero-order chi connectivity index (χ0) is 24.0. The molecule has 0 bridgehead atoms. The number of benzene rings is 3.